The molecule has 4 heteroatoms. The summed E-state index contributed by atoms with van der Waals surface area (Å²) < 4.78 is 0. The van der Waals surface area contributed by atoms with Gasteiger partial charge in [-0.2, -0.15) is 0 Å². The van der Waals surface area contributed by atoms with Crippen LogP contribution in [0.5, 0.6) is 0 Å². The van der Waals surface area contributed by atoms with Crippen LogP contribution in [0.3, 0.4) is 0 Å². The predicted molar refractivity (Wildman–Crippen MR) is 88.8 cm³/mol. The fourth-order valence-electron chi connectivity index (χ4n) is 3.13. The number of alkyl halides is 1. The molecule has 1 fully saturated rings. The van der Waals surface area contributed by atoms with Crippen molar-refractivity contribution in [2.75, 3.05) is 7.05 Å². The first-order chi connectivity index (χ1) is 10.2. The first kappa shape index (κ1) is 14.5. The number of nitrogens with zero attached hydrogens (tertiary/aromatic N) is 2. The number of hydrogen-bond acceptors (Lipinski definition) is 2. The van der Waals surface area contributed by atoms with E-state index in [9.17, 15) is 4.79 Å². The van der Waals surface area contributed by atoms with Crippen molar-refractivity contribution in [1.82, 2.24) is 9.88 Å². The highest BCUT2D eigenvalue weighted by Crippen LogP contribution is 2.29. The number of aromatic nitrogens is 1. The van der Waals surface area contributed by atoms with E-state index in [0.717, 1.165) is 29.3 Å². The van der Waals surface area contributed by atoms with E-state index < -0.39 is 0 Å². The standard InChI is InChI=1S/C17H19BrN2O/c1-20(16-9-5-3-7-14(16)18)17(21)13-10-11-19-15-8-4-2-6-12(13)15/h2,4,6,8,10-11,14,16H,3,5,7,9H2,1H3. The van der Waals surface area contributed by atoms with E-state index in [2.05, 4.69) is 20.9 Å². The SMILES string of the molecule is CN(C(=O)c1ccnc2ccccc12)C1CCCCC1Br. The highest BCUT2D eigenvalue weighted by Gasteiger charge is 2.30. The average Bonchev–Trinajstić information content (AvgIpc) is 2.53. The summed E-state index contributed by atoms with van der Waals surface area (Å²) in [6.45, 7) is 0. The Morgan fingerprint density at radius 2 is 2.00 bits per heavy atom. The number of rotatable bonds is 2. The van der Waals surface area contributed by atoms with E-state index in [1.165, 1.54) is 12.8 Å². The number of hydrogen-bond donors (Lipinski definition) is 0. The monoisotopic (exact) mass is 346 g/mol. The van der Waals surface area contributed by atoms with Crippen LogP contribution in [-0.2, 0) is 0 Å². The van der Waals surface area contributed by atoms with E-state index in [1.807, 2.05) is 42.3 Å². The lowest BCUT2D eigenvalue weighted by Crippen LogP contribution is -2.44. The molecule has 1 saturated carbocycles. The van der Waals surface area contributed by atoms with E-state index >= 15 is 0 Å². The molecule has 3 nitrogen and oxygen atoms in total. The van der Waals surface area contributed by atoms with Gasteiger partial charge in [0.15, 0.2) is 0 Å². The van der Waals surface area contributed by atoms with Crippen LogP contribution in [0.15, 0.2) is 36.5 Å². The van der Waals surface area contributed by atoms with Crippen molar-refractivity contribution in [2.45, 2.75) is 36.6 Å². The second-order valence-corrected chi connectivity index (χ2v) is 6.84. The second-order valence-electron chi connectivity index (χ2n) is 5.66. The van der Waals surface area contributed by atoms with Crippen LogP contribution < -0.4 is 0 Å². The number of carbonyl (C=O) groups is 1. The molecule has 110 valence electrons. The van der Waals surface area contributed by atoms with Crippen molar-refractivity contribution in [3.63, 3.8) is 0 Å². The molecule has 1 aromatic carbocycles. The maximum absolute atomic E-state index is 12.9. The van der Waals surface area contributed by atoms with E-state index in [4.69, 9.17) is 0 Å². The third-order valence-electron chi connectivity index (χ3n) is 4.34. The molecule has 0 spiro atoms. The molecule has 0 saturated heterocycles. The highest BCUT2D eigenvalue weighted by molar-refractivity contribution is 9.09. The number of fused-ring (bicyclic) bond motifs is 1. The maximum atomic E-state index is 12.9. The summed E-state index contributed by atoms with van der Waals surface area (Å²) in [5, 5.41) is 0.929. The van der Waals surface area contributed by atoms with Crippen molar-refractivity contribution in [1.29, 1.82) is 0 Å². The summed E-state index contributed by atoms with van der Waals surface area (Å²) in [5.41, 5.74) is 1.61. The Hall–Kier alpha value is -1.42. The van der Waals surface area contributed by atoms with Crippen LogP contribution in [0, 0.1) is 0 Å². The molecule has 1 aliphatic rings. The van der Waals surface area contributed by atoms with Gasteiger partial charge in [-0.05, 0) is 25.0 Å². The number of para-hydroxylation sites is 1. The van der Waals surface area contributed by atoms with E-state index in [0.29, 0.717) is 4.83 Å². The molecule has 1 aromatic heterocycles. The fourth-order valence-corrected chi connectivity index (χ4v) is 4.07. The Morgan fingerprint density at radius 3 is 2.81 bits per heavy atom. The third kappa shape index (κ3) is 2.82. The molecule has 0 radical (unpaired) electrons. The molecule has 1 amide bonds. The molecule has 1 heterocycles. The molecular weight excluding hydrogens is 328 g/mol. The summed E-state index contributed by atoms with van der Waals surface area (Å²) in [7, 11) is 1.92. The van der Waals surface area contributed by atoms with Gasteiger partial charge in [-0.15, -0.1) is 0 Å². The van der Waals surface area contributed by atoms with Crippen LogP contribution in [0.25, 0.3) is 10.9 Å². The van der Waals surface area contributed by atoms with Crippen molar-refractivity contribution in [2.24, 2.45) is 0 Å². The zero-order chi connectivity index (χ0) is 14.8. The second kappa shape index (κ2) is 6.14. The Kier molecular flexibility index (Phi) is 4.24. The van der Waals surface area contributed by atoms with Crippen molar-refractivity contribution < 1.29 is 4.79 Å². The van der Waals surface area contributed by atoms with Gasteiger partial charge in [0.05, 0.1) is 11.1 Å². The molecule has 2 atom stereocenters. The minimum atomic E-state index is 0.0879. The van der Waals surface area contributed by atoms with Crippen LogP contribution in [0.1, 0.15) is 36.0 Å². The number of halogens is 1. The predicted octanol–water partition coefficient (Wildman–Crippen LogP) is 4.01. The Morgan fingerprint density at radius 1 is 1.24 bits per heavy atom. The lowest BCUT2D eigenvalue weighted by Gasteiger charge is -2.35. The van der Waals surface area contributed by atoms with Gasteiger partial charge in [0.25, 0.3) is 5.91 Å². The summed E-state index contributed by atoms with van der Waals surface area (Å²) in [5.74, 6) is 0.0879. The minimum Gasteiger partial charge on any atom is -0.338 e. The number of amides is 1. The van der Waals surface area contributed by atoms with Gasteiger partial charge >= 0.3 is 0 Å². The molecule has 3 rings (SSSR count). The molecule has 21 heavy (non-hydrogen) atoms. The molecular formula is C17H19BrN2O. The Labute approximate surface area is 133 Å². The van der Waals surface area contributed by atoms with Gasteiger partial charge < -0.3 is 4.90 Å². The smallest absolute Gasteiger partial charge is 0.254 e. The zero-order valence-electron chi connectivity index (χ0n) is 12.1. The first-order valence-corrected chi connectivity index (χ1v) is 8.35. The number of pyridine rings is 1. The summed E-state index contributed by atoms with van der Waals surface area (Å²) in [4.78, 5) is 19.5. The van der Waals surface area contributed by atoms with Crippen LogP contribution in [-0.4, -0.2) is 33.7 Å². The molecule has 0 N–H and O–H groups in total. The van der Waals surface area contributed by atoms with Gasteiger partial charge in [-0.25, -0.2) is 0 Å². The van der Waals surface area contributed by atoms with E-state index in [1.54, 1.807) is 6.20 Å². The number of carbonyl (C=O) groups excluding carboxylic acids is 1. The quantitative estimate of drug-likeness (QED) is 0.769. The molecule has 0 aliphatic heterocycles. The molecule has 0 bridgehead atoms. The molecule has 2 unspecified atom stereocenters. The van der Waals surface area contributed by atoms with Gasteiger partial charge in [0, 0.05) is 29.5 Å². The van der Waals surface area contributed by atoms with Crippen LogP contribution in [0.2, 0.25) is 0 Å². The highest BCUT2D eigenvalue weighted by atomic mass is 79.9. The Balaban J connectivity index is 1.93. The average molecular weight is 347 g/mol. The van der Waals surface area contributed by atoms with Crippen molar-refractivity contribution in [3.05, 3.63) is 42.1 Å². The summed E-state index contributed by atoms with van der Waals surface area (Å²) in [6, 6.07) is 9.92. The number of benzene rings is 1. The van der Waals surface area contributed by atoms with Crippen molar-refractivity contribution in [3.8, 4) is 0 Å². The topological polar surface area (TPSA) is 33.2 Å². The summed E-state index contributed by atoms with van der Waals surface area (Å²) >= 11 is 3.74. The zero-order valence-corrected chi connectivity index (χ0v) is 13.7. The van der Waals surface area contributed by atoms with Crippen LogP contribution in [0.4, 0.5) is 0 Å². The molecule has 2 aromatic rings. The van der Waals surface area contributed by atoms with Crippen molar-refractivity contribution >= 4 is 32.7 Å². The van der Waals surface area contributed by atoms with E-state index in [-0.39, 0.29) is 11.9 Å². The van der Waals surface area contributed by atoms with Gasteiger partial charge in [-0.3, -0.25) is 9.78 Å². The van der Waals surface area contributed by atoms with Gasteiger partial charge in [0.1, 0.15) is 0 Å². The fraction of sp³-hybridized carbons (Fsp3) is 0.412. The minimum absolute atomic E-state index is 0.0879. The van der Waals surface area contributed by atoms with Crippen LogP contribution >= 0.6 is 15.9 Å². The van der Waals surface area contributed by atoms with Gasteiger partial charge in [-0.1, -0.05) is 47.0 Å². The maximum Gasteiger partial charge on any atom is 0.254 e. The summed E-state index contributed by atoms with van der Waals surface area (Å²) in [6.07, 6.45) is 6.37. The first-order valence-electron chi connectivity index (χ1n) is 7.43. The lowest BCUT2D eigenvalue weighted by atomic mass is 9.93. The third-order valence-corrected chi connectivity index (χ3v) is 5.41. The normalized spacial score (nSPS) is 22.2. The Bertz CT molecular complexity index is 653. The molecule has 1 aliphatic carbocycles. The lowest BCUT2D eigenvalue weighted by molar-refractivity contribution is 0.0706. The largest absolute Gasteiger partial charge is 0.338 e. The van der Waals surface area contributed by atoms with Gasteiger partial charge in [0.2, 0.25) is 0 Å².